The zero-order valence-corrected chi connectivity index (χ0v) is 16.6. The van der Waals surface area contributed by atoms with Gasteiger partial charge in [0.1, 0.15) is 5.82 Å². The maximum Gasteiger partial charge on any atom is 0.288 e. The summed E-state index contributed by atoms with van der Waals surface area (Å²) < 4.78 is 20.3. The molecule has 1 fully saturated rings. The van der Waals surface area contributed by atoms with Crippen molar-refractivity contribution < 1.29 is 13.6 Å². The Labute approximate surface area is 173 Å². The molecular weight excluding hydrogens is 391 g/mol. The van der Waals surface area contributed by atoms with E-state index in [4.69, 9.17) is 16.6 Å². The van der Waals surface area contributed by atoms with Gasteiger partial charge in [-0.2, -0.15) is 0 Å². The van der Waals surface area contributed by atoms with Gasteiger partial charge in [-0.05, 0) is 61.5 Å². The molecule has 0 unspecified atom stereocenters. The highest BCUT2D eigenvalue weighted by atomic mass is 32.1. The molecule has 6 nitrogen and oxygen atoms in total. The quantitative estimate of drug-likeness (QED) is 0.633. The molecule has 0 bridgehead atoms. The smallest absolute Gasteiger partial charge is 0.288 e. The van der Waals surface area contributed by atoms with Gasteiger partial charge in [0.2, 0.25) is 11.8 Å². The third kappa shape index (κ3) is 4.78. The van der Waals surface area contributed by atoms with E-state index in [1.54, 1.807) is 16.8 Å². The Morgan fingerprint density at radius 2 is 1.83 bits per heavy atom. The van der Waals surface area contributed by atoms with Crippen LogP contribution in [0.5, 0.6) is 0 Å². The van der Waals surface area contributed by atoms with Crippen LogP contribution >= 0.6 is 12.2 Å². The van der Waals surface area contributed by atoms with Gasteiger partial charge in [0, 0.05) is 30.3 Å². The summed E-state index contributed by atoms with van der Waals surface area (Å²) in [5, 5.41) is 7.39. The summed E-state index contributed by atoms with van der Waals surface area (Å²) in [6.45, 7) is 2.04. The van der Waals surface area contributed by atoms with Crippen molar-refractivity contribution in [2.45, 2.75) is 19.5 Å². The predicted molar refractivity (Wildman–Crippen MR) is 110 cm³/mol. The number of carbonyl (C=O) groups is 1. The van der Waals surface area contributed by atoms with Gasteiger partial charge in [-0.1, -0.05) is 18.2 Å². The summed E-state index contributed by atoms with van der Waals surface area (Å²) >= 11 is 5.27. The maximum absolute atomic E-state index is 13.1. The van der Waals surface area contributed by atoms with Gasteiger partial charge in [0.15, 0.2) is 0 Å². The lowest BCUT2D eigenvalue weighted by Gasteiger charge is -2.30. The highest BCUT2D eigenvalue weighted by molar-refractivity contribution is 7.71. The molecule has 0 atom stereocenters. The minimum absolute atomic E-state index is 0.00786. The minimum Gasteiger partial charge on any atom is -0.409 e. The Morgan fingerprint density at radius 3 is 2.52 bits per heavy atom. The first-order valence-electron chi connectivity index (χ1n) is 9.50. The number of halogens is 1. The van der Waals surface area contributed by atoms with Crippen LogP contribution in [0.25, 0.3) is 11.5 Å². The number of amides is 1. The number of nitrogens with one attached hydrogen (secondary N) is 1. The van der Waals surface area contributed by atoms with Gasteiger partial charge in [-0.3, -0.25) is 9.69 Å². The van der Waals surface area contributed by atoms with Gasteiger partial charge in [-0.15, -0.1) is 5.10 Å². The van der Waals surface area contributed by atoms with Crippen LogP contribution in [0.15, 0.2) is 59.0 Å². The van der Waals surface area contributed by atoms with Crippen molar-refractivity contribution in [2.24, 2.45) is 5.92 Å². The number of piperidine rings is 1. The first-order chi connectivity index (χ1) is 14.1. The lowest BCUT2D eigenvalue weighted by Crippen LogP contribution is -2.39. The van der Waals surface area contributed by atoms with Gasteiger partial charge in [-0.25, -0.2) is 9.07 Å². The first kappa shape index (κ1) is 19.5. The highest BCUT2D eigenvalue weighted by Crippen LogP contribution is 2.22. The molecule has 0 aliphatic carbocycles. The van der Waals surface area contributed by atoms with Crippen LogP contribution in [0, 0.1) is 16.6 Å². The summed E-state index contributed by atoms with van der Waals surface area (Å²) in [6, 6.07) is 15.4. The Balaban J connectivity index is 1.33. The monoisotopic (exact) mass is 412 g/mol. The summed E-state index contributed by atoms with van der Waals surface area (Å²) in [4.78, 5) is 14.9. The topological polar surface area (TPSA) is 63.3 Å². The van der Waals surface area contributed by atoms with Crippen LogP contribution in [0.3, 0.4) is 0 Å². The van der Waals surface area contributed by atoms with Crippen LogP contribution in [0.1, 0.15) is 12.8 Å². The number of hydrogen-bond acceptors (Lipinski definition) is 5. The number of rotatable bonds is 5. The summed E-state index contributed by atoms with van der Waals surface area (Å²) in [5.74, 6) is 0.108. The number of nitrogens with zero attached hydrogens (tertiary/aromatic N) is 3. The van der Waals surface area contributed by atoms with Crippen molar-refractivity contribution in [3.05, 3.63) is 65.3 Å². The lowest BCUT2D eigenvalue weighted by molar-refractivity contribution is -0.121. The third-order valence-electron chi connectivity index (χ3n) is 5.03. The van der Waals surface area contributed by atoms with Crippen molar-refractivity contribution >= 4 is 23.8 Å². The second-order valence-corrected chi connectivity index (χ2v) is 7.42. The Bertz CT molecular complexity index is 1020. The zero-order valence-electron chi connectivity index (χ0n) is 15.8. The van der Waals surface area contributed by atoms with E-state index in [-0.39, 0.29) is 22.5 Å². The molecule has 150 valence electrons. The molecule has 1 aliphatic rings. The number of para-hydroxylation sites is 1. The normalized spacial score (nSPS) is 15.3. The third-order valence-corrected chi connectivity index (χ3v) is 5.33. The second kappa shape index (κ2) is 8.67. The summed E-state index contributed by atoms with van der Waals surface area (Å²) in [7, 11) is 0. The molecule has 8 heteroatoms. The van der Waals surface area contributed by atoms with Crippen LogP contribution in [0.2, 0.25) is 0 Å². The van der Waals surface area contributed by atoms with E-state index in [0.29, 0.717) is 18.1 Å². The van der Waals surface area contributed by atoms with Crippen LogP contribution in [0.4, 0.5) is 10.1 Å². The molecular formula is C21H21FN4O2S. The average molecular weight is 412 g/mol. The molecule has 3 aromatic rings. The van der Waals surface area contributed by atoms with E-state index in [0.717, 1.165) is 31.6 Å². The van der Waals surface area contributed by atoms with Crippen molar-refractivity contribution in [1.82, 2.24) is 14.7 Å². The van der Waals surface area contributed by atoms with Crippen molar-refractivity contribution in [1.29, 1.82) is 0 Å². The van der Waals surface area contributed by atoms with E-state index in [1.807, 2.05) is 30.3 Å². The van der Waals surface area contributed by atoms with Gasteiger partial charge < -0.3 is 9.73 Å². The van der Waals surface area contributed by atoms with Crippen molar-refractivity contribution in [3.8, 4) is 11.5 Å². The van der Waals surface area contributed by atoms with Gasteiger partial charge in [0.25, 0.3) is 4.84 Å². The van der Waals surface area contributed by atoms with Crippen LogP contribution in [-0.2, 0) is 11.5 Å². The summed E-state index contributed by atoms with van der Waals surface area (Å²) in [6.07, 6.45) is 1.54. The largest absolute Gasteiger partial charge is 0.409 e. The fourth-order valence-corrected chi connectivity index (χ4v) is 3.57. The molecule has 1 aromatic heterocycles. The predicted octanol–water partition coefficient (Wildman–Crippen LogP) is 4.32. The van der Waals surface area contributed by atoms with Crippen molar-refractivity contribution in [3.63, 3.8) is 0 Å². The highest BCUT2D eigenvalue weighted by Gasteiger charge is 2.25. The molecule has 1 aliphatic heterocycles. The van der Waals surface area contributed by atoms with Crippen LogP contribution in [-0.4, -0.2) is 33.7 Å². The Morgan fingerprint density at radius 1 is 1.14 bits per heavy atom. The molecule has 1 N–H and O–H groups in total. The first-order valence-corrected chi connectivity index (χ1v) is 9.91. The zero-order chi connectivity index (χ0) is 20.2. The van der Waals surface area contributed by atoms with Crippen LogP contribution < -0.4 is 5.32 Å². The average Bonchev–Trinajstić information content (AvgIpc) is 3.10. The second-order valence-electron chi connectivity index (χ2n) is 7.07. The van der Waals surface area contributed by atoms with Crippen molar-refractivity contribution in [2.75, 3.05) is 18.4 Å². The molecule has 0 radical (unpaired) electrons. The Hall–Kier alpha value is -2.84. The molecule has 4 rings (SSSR count). The number of carbonyl (C=O) groups excluding carboxylic acids is 1. The van der Waals surface area contributed by atoms with E-state index in [2.05, 4.69) is 15.3 Å². The number of hydrogen-bond donors (Lipinski definition) is 1. The molecule has 29 heavy (non-hydrogen) atoms. The van der Waals surface area contributed by atoms with E-state index in [9.17, 15) is 9.18 Å². The maximum atomic E-state index is 13.1. The SMILES string of the molecule is O=C(Nc1ccccc1)C1CCN(Cn2nc(-c3ccc(F)cc3)oc2=S)CC1. The Kier molecular flexibility index (Phi) is 5.82. The standard InChI is InChI=1S/C21H21FN4O2S/c22-17-8-6-16(7-9-17)20-24-26(21(29)28-20)14-25-12-10-15(11-13-25)19(27)23-18-4-2-1-3-5-18/h1-9,15H,10-14H2,(H,23,27). The molecule has 2 heterocycles. The number of benzene rings is 2. The minimum atomic E-state index is -0.314. The van der Waals surface area contributed by atoms with E-state index in [1.165, 1.54) is 12.1 Å². The number of aromatic nitrogens is 2. The van der Waals surface area contributed by atoms with Gasteiger partial charge in [0.05, 0.1) is 6.67 Å². The molecule has 2 aromatic carbocycles. The molecule has 1 saturated heterocycles. The summed E-state index contributed by atoms with van der Waals surface area (Å²) in [5.41, 5.74) is 1.50. The molecule has 0 saturated carbocycles. The van der Waals surface area contributed by atoms with E-state index < -0.39 is 0 Å². The molecule has 0 spiro atoms. The fourth-order valence-electron chi connectivity index (χ4n) is 3.40. The number of anilines is 1. The fraction of sp³-hybridized carbons (Fsp3) is 0.286. The van der Waals surface area contributed by atoms with Gasteiger partial charge >= 0.3 is 0 Å². The lowest BCUT2D eigenvalue weighted by atomic mass is 9.96. The molecule has 1 amide bonds. The van der Waals surface area contributed by atoms with E-state index >= 15 is 0 Å². The number of likely N-dealkylation sites (tertiary alicyclic amines) is 1.